The fraction of sp³-hybridized carbons (Fsp3) is 0.923. The number of rotatable bonds is 4. The van der Waals surface area contributed by atoms with Crippen molar-refractivity contribution in [2.24, 2.45) is 0 Å². The van der Waals surface area contributed by atoms with Crippen LogP contribution in [0.3, 0.4) is 0 Å². The summed E-state index contributed by atoms with van der Waals surface area (Å²) in [6.45, 7) is 0.214. The molecule has 3 aliphatic rings. The number of amides is 1. The second kappa shape index (κ2) is 6.66. The second-order valence-corrected chi connectivity index (χ2v) is 5.89. The summed E-state index contributed by atoms with van der Waals surface area (Å²) >= 11 is 0. The van der Waals surface area contributed by atoms with Crippen LogP contribution in [0, 0.1) is 10.1 Å². The van der Waals surface area contributed by atoms with Gasteiger partial charge in [-0.1, -0.05) is 19.3 Å². The summed E-state index contributed by atoms with van der Waals surface area (Å²) < 4.78 is 16.2. The maximum Gasteiger partial charge on any atom is 0.407 e. The summed E-state index contributed by atoms with van der Waals surface area (Å²) in [5, 5.41) is 12.4. The van der Waals surface area contributed by atoms with Crippen LogP contribution < -0.4 is 5.32 Å². The smallest absolute Gasteiger partial charge is 0.407 e. The molecule has 1 N–H and O–H groups in total. The molecule has 22 heavy (non-hydrogen) atoms. The van der Waals surface area contributed by atoms with E-state index in [0.717, 1.165) is 25.7 Å². The van der Waals surface area contributed by atoms with Crippen LogP contribution in [0.1, 0.15) is 32.1 Å². The lowest BCUT2D eigenvalue weighted by Crippen LogP contribution is -2.41. The minimum Gasteiger partial charge on any atom is -0.441 e. The first kappa shape index (κ1) is 15.3. The molecular weight excluding hydrogens is 296 g/mol. The third kappa shape index (κ3) is 3.41. The highest BCUT2D eigenvalue weighted by atomic mass is 17.0. The lowest BCUT2D eigenvalue weighted by Gasteiger charge is -2.24. The van der Waals surface area contributed by atoms with Gasteiger partial charge in [-0.15, -0.1) is 10.1 Å². The summed E-state index contributed by atoms with van der Waals surface area (Å²) in [6, 6.07) is 0.162. The van der Waals surface area contributed by atoms with Crippen LogP contribution >= 0.6 is 0 Å². The van der Waals surface area contributed by atoms with Gasteiger partial charge in [-0.2, -0.15) is 0 Å². The van der Waals surface area contributed by atoms with E-state index in [1.54, 1.807) is 0 Å². The van der Waals surface area contributed by atoms with E-state index in [1.165, 1.54) is 6.42 Å². The van der Waals surface area contributed by atoms with Crippen LogP contribution in [-0.2, 0) is 19.0 Å². The zero-order valence-electron chi connectivity index (χ0n) is 12.1. The molecule has 3 rings (SSSR count). The van der Waals surface area contributed by atoms with Crippen molar-refractivity contribution >= 4 is 6.09 Å². The Balaban J connectivity index is 1.47. The summed E-state index contributed by atoms with van der Waals surface area (Å²) in [6.07, 6.45) is 2.48. The second-order valence-electron chi connectivity index (χ2n) is 5.89. The molecule has 0 aromatic carbocycles. The number of carbonyl (C=O) groups excluding carboxylic acids is 1. The molecule has 0 aromatic heterocycles. The van der Waals surface area contributed by atoms with Gasteiger partial charge < -0.3 is 24.4 Å². The van der Waals surface area contributed by atoms with Crippen molar-refractivity contribution < 1.29 is 28.9 Å². The predicted molar refractivity (Wildman–Crippen MR) is 71.6 cm³/mol. The van der Waals surface area contributed by atoms with Crippen molar-refractivity contribution in [3.63, 3.8) is 0 Å². The Morgan fingerprint density at radius 2 is 1.73 bits per heavy atom. The van der Waals surface area contributed by atoms with Gasteiger partial charge in [0.25, 0.3) is 5.09 Å². The van der Waals surface area contributed by atoms with E-state index in [2.05, 4.69) is 10.2 Å². The Bertz CT molecular complexity index is 427. The van der Waals surface area contributed by atoms with E-state index >= 15 is 0 Å². The molecule has 2 aliphatic heterocycles. The molecule has 1 amide bonds. The predicted octanol–water partition coefficient (Wildman–Crippen LogP) is 0.788. The molecule has 9 nitrogen and oxygen atoms in total. The highest BCUT2D eigenvalue weighted by molar-refractivity contribution is 5.67. The van der Waals surface area contributed by atoms with Crippen molar-refractivity contribution in [2.75, 3.05) is 13.2 Å². The Hall–Kier alpha value is -1.61. The minimum absolute atomic E-state index is 0.0560. The van der Waals surface area contributed by atoms with Crippen molar-refractivity contribution in [2.45, 2.75) is 62.6 Å². The normalized spacial score (nSPS) is 34.9. The van der Waals surface area contributed by atoms with Crippen molar-refractivity contribution in [3.8, 4) is 0 Å². The summed E-state index contributed by atoms with van der Waals surface area (Å²) in [5.74, 6) is 0. The molecule has 3 fully saturated rings. The quantitative estimate of drug-likeness (QED) is 0.603. The number of ether oxygens (including phenoxy) is 3. The highest BCUT2D eigenvalue weighted by Gasteiger charge is 2.51. The number of carbonyl (C=O) groups is 1. The third-order valence-electron chi connectivity index (χ3n) is 4.37. The molecule has 1 saturated carbocycles. The third-order valence-corrected chi connectivity index (χ3v) is 4.37. The van der Waals surface area contributed by atoms with Crippen molar-refractivity contribution in [3.05, 3.63) is 10.1 Å². The lowest BCUT2D eigenvalue weighted by atomic mass is 9.96. The largest absolute Gasteiger partial charge is 0.441 e. The molecule has 9 heteroatoms. The number of hydrogen-bond acceptors (Lipinski definition) is 7. The van der Waals surface area contributed by atoms with Crippen molar-refractivity contribution in [1.82, 2.24) is 5.32 Å². The first-order valence-corrected chi connectivity index (χ1v) is 7.65. The Morgan fingerprint density at radius 3 is 2.41 bits per heavy atom. The maximum absolute atomic E-state index is 11.9. The monoisotopic (exact) mass is 316 g/mol. The molecule has 2 saturated heterocycles. The van der Waals surface area contributed by atoms with Gasteiger partial charge in [0.2, 0.25) is 0 Å². The van der Waals surface area contributed by atoms with Gasteiger partial charge in [-0.05, 0) is 12.8 Å². The first-order chi connectivity index (χ1) is 10.6. The van der Waals surface area contributed by atoms with Gasteiger partial charge in [-0.25, -0.2) is 4.79 Å². The SMILES string of the molecule is O=C(NC1CCCCC1)OC1COC2C(O[N+](=O)[O-])COC12. The number of fused-ring (bicyclic) bond motifs is 1. The molecule has 0 bridgehead atoms. The van der Waals surface area contributed by atoms with Crippen LogP contribution in [0.15, 0.2) is 0 Å². The van der Waals surface area contributed by atoms with Gasteiger partial charge in [0.15, 0.2) is 12.2 Å². The topological polar surface area (TPSA) is 109 Å². The first-order valence-electron chi connectivity index (χ1n) is 7.65. The number of nitrogens with zero attached hydrogens (tertiary/aromatic N) is 1. The van der Waals surface area contributed by atoms with E-state index in [0.29, 0.717) is 0 Å². The fourth-order valence-electron chi connectivity index (χ4n) is 3.32. The Kier molecular flexibility index (Phi) is 4.63. The molecule has 4 unspecified atom stereocenters. The average molecular weight is 316 g/mol. The molecule has 4 atom stereocenters. The van der Waals surface area contributed by atoms with Crippen molar-refractivity contribution in [1.29, 1.82) is 0 Å². The molecule has 124 valence electrons. The van der Waals surface area contributed by atoms with Gasteiger partial charge >= 0.3 is 6.09 Å². The van der Waals surface area contributed by atoms with Gasteiger partial charge in [0.1, 0.15) is 12.2 Å². The van der Waals surface area contributed by atoms with Gasteiger partial charge in [-0.3, -0.25) is 0 Å². The molecule has 0 spiro atoms. The Labute approximate surface area is 127 Å². The summed E-state index contributed by atoms with van der Waals surface area (Å²) in [4.78, 5) is 26.8. The summed E-state index contributed by atoms with van der Waals surface area (Å²) in [7, 11) is 0. The van der Waals surface area contributed by atoms with E-state index < -0.39 is 35.6 Å². The maximum atomic E-state index is 11.9. The minimum atomic E-state index is -0.857. The number of hydrogen-bond donors (Lipinski definition) is 1. The number of alkyl carbamates (subject to hydrolysis) is 1. The van der Waals surface area contributed by atoms with E-state index in [1.807, 2.05) is 0 Å². The van der Waals surface area contributed by atoms with E-state index in [-0.39, 0.29) is 19.3 Å². The van der Waals surface area contributed by atoms with E-state index in [9.17, 15) is 14.9 Å². The summed E-state index contributed by atoms with van der Waals surface area (Å²) in [5.41, 5.74) is 0. The Morgan fingerprint density at radius 1 is 1.09 bits per heavy atom. The van der Waals surface area contributed by atoms with E-state index in [4.69, 9.17) is 14.2 Å². The highest BCUT2D eigenvalue weighted by Crippen LogP contribution is 2.30. The molecular formula is C13H20N2O7. The lowest BCUT2D eigenvalue weighted by molar-refractivity contribution is -0.769. The zero-order chi connectivity index (χ0) is 15.5. The molecule has 1 aliphatic carbocycles. The van der Waals surface area contributed by atoms with Gasteiger partial charge in [0, 0.05) is 6.04 Å². The van der Waals surface area contributed by atoms with Crippen LogP contribution in [0.2, 0.25) is 0 Å². The molecule has 2 heterocycles. The number of nitrogens with one attached hydrogen (secondary N) is 1. The van der Waals surface area contributed by atoms with Crippen LogP contribution in [0.4, 0.5) is 4.79 Å². The zero-order valence-corrected chi connectivity index (χ0v) is 12.1. The van der Waals surface area contributed by atoms with Crippen LogP contribution in [-0.4, -0.2) is 54.9 Å². The van der Waals surface area contributed by atoms with Gasteiger partial charge in [0.05, 0.1) is 13.2 Å². The van der Waals surface area contributed by atoms with Crippen LogP contribution in [0.25, 0.3) is 0 Å². The molecule has 0 radical (unpaired) electrons. The average Bonchev–Trinajstić information content (AvgIpc) is 3.04. The standard InChI is InChI=1S/C13H20N2O7/c16-13(14-8-4-2-1-3-5-8)21-9-6-19-12-10(22-15(17)18)7-20-11(9)12/h8-12H,1-7H2,(H,14,16). The fourth-order valence-corrected chi connectivity index (χ4v) is 3.32. The molecule has 0 aromatic rings. The van der Waals surface area contributed by atoms with Crippen LogP contribution in [0.5, 0.6) is 0 Å².